The summed E-state index contributed by atoms with van der Waals surface area (Å²) in [7, 11) is 0. The lowest BCUT2D eigenvalue weighted by atomic mass is 10.1. The Balaban J connectivity index is 2.99. The van der Waals surface area contributed by atoms with Crippen LogP contribution in [0.5, 0.6) is 5.75 Å². The maximum atomic E-state index is 11.0. The predicted octanol–water partition coefficient (Wildman–Crippen LogP) is 2.94. The highest BCUT2D eigenvalue weighted by atomic mass is 16.5. The summed E-state index contributed by atoms with van der Waals surface area (Å²) >= 11 is 0. The lowest BCUT2D eigenvalue weighted by Crippen LogP contribution is -2.25. The van der Waals surface area contributed by atoms with Crippen LogP contribution < -0.4 is 4.74 Å². The number of nitrogens with zero attached hydrogens (tertiary/aromatic N) is 1. The van der Waals surface area contributed by atoms with E-state index < -0.39 is 12.1 Å². The van der Waals surface area contributed by atoms with Crippen molar-refractivity contribution in [2.24, 2.45) is 0 Å². The van der Waals surface area contributed by atoms with Crippen LogP contribution in [-0.2, 0) is 17.8 Å². The Hall–Kier alpha value is -1.55. The number of carbonyl (C=O) groups is 1. The van der Waals surface area contributed by atoms with E-state index in [2.05, 4.69) is 31.7 Å². The second-order valence-corrected chi connectivity index (χ2v) is 4.86. The van der Waals surface area contributed by atoms with Gasteiger partial charge in [0.2, 0.25) is 0 Å². The highest BCUT2D eigenvalue weighted by molar-refractivity contribution is 5.72. The highest BCUT2D eigenvalue weighted by Crippen LogP contribution is 2.24. The summed E-state index contributed by atoms with van der Waals surface area (Å²) in [6, 6.07) is 6.08. The molecule has 0 aliphatic rings. The van der Waals surface area contributed by atoms with Crippen LogP contribution in [0.4, 0.5) is 0 Å². The molecule has 0 heterocycles. The van der Waals surface area contributed by atoms with Crippen molar-refractivity contribution >= 4 is 5.97 Å². The number of benzene rings is 1. The summed E-state index contributed by atoms with van der Waals surface area (Å²) in [6.07, 6.45) is 0.0705. The average Bonchev–Trinajstić information content (AvgIpc) is 2.45. The smallest absolute Gasteiger partial charge is 0.344 e. The Morgan fingerprint density at radius 1 is 1.30 bits per heavy atom. The number of rotatable bonds is 8. The Kier molecular flexibility index (Phi) is 6.52. The first-order chi connectivity index (χ1) is 9.51. The molecule has 0 saturated heterocycles. The normalized spacial score (nSPS) is 12.4. The van der Waals surface area contributed by atoms with Gasteiger partial charge in [-0.3, -0.25) is 4.90 Å². The van der Waals surface area contributed by atoms with E-state index in [0.717, 1.165) is 37.2 Å². The molecule has 1 N–H and O–H groups in total. The maximum absolute atomic E-state index is 11.0. The molecule has 0 amide bonds. The zero-order chi connectivity index (χ0) is 15.1. The maximum Gasteiger partial charge on any atom is 0.344 e. The topological polar surface area (TPSA) is 49.8 Å². The molecule has 0 saturated carbocycles. The van der Waals surface area contributed by atoms with Gasteiger partial charge in [0.05, 0.1) is 0 Å². The van der Waals surface area contributed by atoms with Gasteiger partial charge in [0.15, 0.2) is 6.10 Å². The third-order valence-electron chi connectivity index (χ3n) is 3.48. The molecule has 1 aromatic rings. The van der Waals surface area contributed by atoms with Gasteiger partial charge in [-0.15, -0.1) is 0 Å². The quantitative estimate of drug-likeness (QED) is 0.795. The standard InChI is InChI=1S/C16H25NO3/c1-5-13-8-9-14(11-17(6-2)7-3)15(10-13)20-12(4)16(18)19/h8-10,12H,5-7,11H2,1-4H3,(H,18,19). The third kappa shape index (κ3) is 4.53. The molecule has 4 nitrogen and oxygen atoms in total. The predicted molar refractivity (Wildman–Crippen MR) is 80.2 cm³/mol. The molecule has 4 heteroatoms. The van der Waals surface area contributed by atoms with E-state index in [1.54, 1.807) is 6.92 Å². The molecule has 0 aliphatic carbocycles. The second kappa shape index (κ2) is 7.90. The zero-order valence-corrected chi connectivity index (χ0v) is 12.8. The molecule has 1 unspecified atom stereocenters. The Morgan fingerprint density at radius 2 is 1.95 bits per heavy atom. The molecule has 0 fully saturated rings. The lowest BCUT2D eigenvalue weighted by Gasteiger charge is -2.21. The summed E-state index contributed by atoms with van der Waals surface area (Å²) in [5, 5.41) is 9.00. The molecule has 0 aliphatic heterocycles. The minimum atomic E-state index is -0.944. The fraction of sp³-hybridized carbons (Fsp3) is 0.562. The average molecular weight is 279 g/mol. The molecular weight excluding hydrogens is 254 g/mol. The van der Waals surface area contributed by atoms with Crippen molar-refractivity contribution in [3.8, 4) is 5.75 Å². The number of carboxylic acid groups (broad SMARTS) is 1. The van der Waals surface area contributed by atoms with Crippen LogP contribution in [0, 0.1) is 0 Å². The second-order valence-electron chi connectivity index (χ2n) is 4.86. The third-order valence-corrected chi connectivity index (χ3v) is 3.48. The van der Waals surface area contributed by atoms with E-state index in [1.807, 2.05) is 12.1 Å². The fourth-order valence-electron chi connectivity index (χ4n) is 1.99. The van der Waals surface area contributed by atoms with Crippen molar-refractivity contribution in [3.05, 3.63) is 29.3 Å². The molecule has 0 aromatic heterocycles. The van der Waals surface area contributed by atoms with Crippen molar-refractivity contribution in [2.75, 3.05) is 13.1 Å². The largest absolute Gasteiger partial charge is 0.479 e. The van der Waals surface area contributed by atoms with E-state index >= 15 is 0 Å². The van der Waals surface area contributed by atoms with Gasteiger partial charge in [0, 0.05) is 12.1 Å². The monoisotopic (exact) mass is 279 g/mol. The number of aryl methyl sites for hydroxylation is 1. The number of hydrogen-bond acceptors (Lipinski definition) is 3. The van der Waals surface area contributed by atoms with Gasteiger partial charge in [-0.05, 0) is 38.1 Å². The van der Waals surface area contributed by atoms with E-state index in [1.165, 1.54) is 0 Å². The molecule has 0 bridgehead atoms. The molecule has 1 rings (SSSR count). The molecule has 1 aromatic carbocycles. The van der Waals surface area contributed by atoms with E-state index in [4.69, 9.17) is 9.84 Å². The van der Waals surface area contributed by atoms with Crippen LogP contribution in [0.3, 0.4) is 0 Å². The summed E-state index contributed by atoms with van der Waals surface area (Å²) in [6.45, 7) is 10.6. The molecule has 20 heavy (non-hydrogen) atoms. The Morgan fingerprint density at radius 3 is 2.45 bits per heavy atom. The molecule has 0 spiro atoms. The first-order valence-corrected chi connectivity index (χ1v) is 7.25. The SMILES string of the molecule is CCc1ccc(CN(CC)CC)c(OC(C)C(=O)O)c1. The first kappa shape index (κ1) is 16.5. The van der Waals surface area contributed by atoms with Gasteiger partial charge in [0.1, 0.15) is 5.75 Å². The van der Waals surface area contributed by atoms with Gasteiger partial charge in [-0.2, -0.15) is 0 Å². The van der Waals surface area contributed by atoms with Gasteiger partial charge >= 0.3 is 5.97 Å². The van der Waals surface area contributed by atoms with Gasteiger partial charge < -0.3 is 9.84 Å². The van der Waals surface area contributed by atoms with Crippen molar-refractivity contribution < 1.29 is 14.6 Å². The molecule has 112 valence electrons. The number of ether oxygens (including phenoxy) is 1. The molecule has 1 atom stereocenters. The zero-order valence-electron chi connectivity index (χ0n) is 12.8. The highest BCUT2D eigenvalue weighted by Gasteiger charge is 2.16. The Labute approximate surface area is 121 Å². The van der Waals surface area contributed by atoms with E-state index in [0.29, 0.717) is 5.75 Å². The van der Waals surface area contributed by atoms with E-state index in [-0.39, 0.29) is 0 Å². The van der Waals surface area contributed by atoms with Gasteiger partial charge in [0.25, 0.3) is 0 Å². The van der Waals surface area contributed by atoms with E-state index in [9.17, 15) is 4.79 Å². The molecule has 0 radical (unpaired) electrons. The van der Waals surface area contributed by atoms with Crippen molar-refractivity contribution in [3.63, 3.8) is 0 Å². The van der Waals surface area contributed by atoms with Crippen LogP contribution in [0.1, 0.15) is 38.8 Å². The number of aliphatic carboxylic acids is 1. The van der Waals surface area contributed by atoms with Crippen LogP contribution in [0.15, 0.2) is 18.2 Å². The fourth-order valence-corrected chi connectivity index (χ4v) is 1.99. The van der Waals surface area contributed by atoms with Gasteiger partial charge in [-0.25, -0.2) is 4.79 Å². The summed E-state index contributed by atoms with van der Waals surface area (Å²) in [4.78, 5) is 13.2. The van der Waals surface area contributed by atoms with Crippen LogP contribution in [0.2, 0.25) is 0 Å². The summed E-state index contributed by atoms with van der Waals surface area (Å²) < 4.78 is 5.61. The lowest BCUT2D eigenvalue weighted by molar-refractivity contribution is -0.144. The molecular formula is C16H25NO3. The number of hydrogen-bond donors (Lipinski definition) is 1. The van der Waals surface area contributed by atoms with Gasteiger partial charge in [-0.1, -0.05) is 32.9 Å². The van der Waals surface area contributed by atoms with Crippen molar-refractivity contribution in [2.45, 2.75) is 46.8 Å². The van der Waals surface area contributed by atoms with Crippen LogP contribution in [-0.4, -0.2) is 35.2 Å². The first-order valence-electron chi connectivity index (χ1n) is 7.25. The van der Waals surface area contributed by atoms with Crippen molar-refractivity contribution in [1.29, 1.82) is 0 Å². The van der Waals surface area contributed by atoms with Crippen molar-refractivity contribution in [1.82, 2.24) is 4.90 Å². The minimum Gasteiger partial charge on any atom is -0.479 e. The summed E-state index contributed by atoms with van der Waals surface area (Å²) in [5.74, 6) is -0.258. The van der Waals surface area contributed by atoms with Crippen LogP contribution in [0.25, 0.3) is 0 Å². The minimum absolute atomic E-state index is 0.686. The number of carboxylic acids is 1. The Bertz CT molecular complexity index is 441. The summed E-state index contributed by atoms with van der Waals surface area (Å²) in [5.41, 5.74) is 2.19. The van der Waals surface area contributed by atoms with Crippen LogP contribution >= 0.6 is 0 Å².